The highest BCUT2D eigenvalue weighted by Gasteiger charge is 2.12. The second kappa shape index (κ2) is 3.39. The average Bonchev–Trinajstić information content (AvgIpc) is 2.20. The fourth-order valence-corrected chi connectivity index (χ4v) is 1.21. The zero-order valence-electron chi connectivity index (χ0n) is 7.06. The molecule has 1 heterocycles. The molecule has 1 aromatic carbocycles. The predicted molar refractivity (Wildman–Crippen MR) is 48.8 cm³/mol. The van der Waals surface area contributed by atoms with E-state index in [0.717, 1.165) is 11.3 Å². The fraction of sp³-hybridized carbons (Fsp3) is 0.200. The number of hydrogen-bond donors (Lipinski definition) is 0. The molecule has 0 aliphatic carbocycles. The van der Waals surface area contributed by atoms with E-state index < -0.39 is 0 Å². The third kappa shape index (κ3) is 1.75. The first-order valence-corrected chi connectivity index (χ1v) is 4.10. The van der Waals surface area contributed by atoms with E-state index in [2.05, 4.69) is 4.99 Å². The van der Waals surface area contributed by atoms with Crippen molar-refractivity contribution < 1.29 is 9.53 Å². The Hall–Kier alpha value is -1.64. The van der Waals surface area contributed by atoms with Crippen molar-refractivity contribution in [3.05, 3.63) is 35.9 Å². The van der Waals surface area contributed by atoms with Crippen LogP contribution in [-0.2, 0) is 9.53 Å². The summed E-state index contributed by atoms with van der Waals surface area (Å²) in [4.78, 5) is 14.8. The smallest absolute Gasteiger partial charge is 0.328 e. The molecule has 2 rings (SSSR count). The maximum absolute atomic E-state index is 10.7. The second-order valence-corrected chi connectivity index (χ2v) is 2.79. The van der Waals surface area contributed by atoms with Crippen molar-refractivity contribution in [1.82, 2.24) is 0 Å². The average molecular weight is 175 g/mol. The van der Waals surface area contributed by atoms with Crippen LogP contribution < -0.4 is 0 Å². The van der Waals surface area contributed by atoms with Gasteiger partial charge in [-0.25, -0.2) is 0 Å². The summed E-state index contributed by atoms with van der Waals surface area (Å²) in [6.07, 6.45) is 0. The summed E-state index contributed by atoms with van der Waals surface area (Å²) in [5.74, 6) is -0.250. The lowest BCUT2D eigenvalue weighted by atomic mass is 10.1. The van der Waals surface area contributed by atoms with Crippen LogP contribution in [0.4, 0.5) is 0 Å². The minimum Gasteiger partial charge on any atom is -0.458 e. The molecule has 0 radical (unpaired) electrons. The summed E-state index contributed by atoms with van der Waals surface area (Å²) in [5.41, 5.74) is 1.87. The van der Waals surface area contributed by atoms with Gasteiger partial charge in [-0.05, 0) is 5.56 Å². The SMILES string of the molecule is O=C1CN=C(c2ccccc2)CO1. The summed E-state index contributed by atoms with van der Waals surface area (Å²) in [6.45, 7) is 0.438. The maximum atomic E-state index is 10.7. The summed E-state index contributed by atoms with van der Waals surface area (Å²) >= 11 is 0. The van der Waals surface area contributed by atoms with Gasteiger partial charge in [0.2, 0.25) is 0 Å². The number of cyclic esters (lactones) is 1. The molecule has 3 heteroatoms. The first-order chi connectivity index (χ1) is 6.36. The Kier molecular flexibility index (Phi) is 2.08. The molecule has 1 aromatic rings. The van der Waals surface area contributed by atoms with Gasteiger partial charge in [-0.15, -0.1) is 0 Å². The molecule has 0 aromatic heterocycles. The third-order valence-corrected chi connectivity index (χ3v) is 1.88. The highest BCUT2D eigenvalue weighted by molar-refractivity contribution is 6.04. The van der Waals surface area contributed by atoms with Crippen molar-refractivity contribution >= 4 is 11.7 Å². The molecular weight excluding hydrogens is 166 g/mol. The van der Waals surface area contributed by atoms with Gasteiger partial charge >= 0.3 is 5.97 Å². The van der Waals surface area contributed by atoms with Crippen LogP contribution in [0.15, 0.2) is 35.3 Å². The van der Waals surface area contributed by atoms with Crippen LogP contribution in [-0.4, -0.2) is 24.8 Å². The molecule has 0 spiro atoms. The Morgan fingerprint density at radius 2 is 2.00 bits per heavy atom. The van der Waals surface area contributed by atoms with Gasteiger partial charge in [0.15, 0.2) is 0 Å². The number of esters is 1. The van der Waals surface area contributed by atoms with Crippen molar-refractivity contribution in [2.24, 2.45) is 4.99 Å². The zero-order valence-corrected chi connectivity index (χ0v) is 7.06. The standard InChI is InChI=1S/C10H9NO2/c12-10-6-11-9(7-13-10)8-4-2-1-3-5-8/h1-5H,6-7H2. The molecule has 3 nitrogen and oxygen atoms in total. The van der Waals surface area contributed by atoms with Crippen LogP contribution in [0.5, 0.6) is 0 Å². The van der Waals surface area contributed by atoms with Crippen molar-refractivity contribution in [3.8, 4) is 0 Å². The number of carbonyl (C=O) groups excluding carboxylic acids is 1. The second-order valence-electron chi connectivity index (χ2n) is 2.79. The molecule has 66 valence electrons. The molecule has 0 bridgehead atoms. The van der Waals surface area contributed by atoms with E-state index >= 15 is 0 Å². The van der Waals surface area contributed by atoms with Crippen molar-refractivity contribution in [2.45, 2.75) is 0 Å². The van der Waals surface area contributed by atoms with Crippen LogP contribution in [0, 0.1) is 0 Å². The molecule has 0 saturated carbocycles. The van der Waals surface area contributed by atoms with Crippen LogP contribution >= 0.6 is 0 Å². The van der Waals surface area contributed by atoms with E-state index in [1.165, 1.54) is 0 Å². The quantitative estimate of drug-likeness (QED) is 0.598. The maximum Gasteiger partial charge on any atom is 0.328 e. The first kappa shape index (κ1) is 7.98. The van der Waals surface area contributed by atoms with Crippen LogP contribution in [0.1, 0.15) is 5.56 Å². The van der Waals surface area contributed by atoms with Gasteiger partial charge in [0, 0.05) is 0 Å². The number of hydrogen-bond acceptors (Lipinski definition) is 3. The van der Waals surface area contributed by atoms with E-state index in [9.17, 15) is 4.79 Å². The Bertz CT molecular complexity index is 343. The highest BCUT2D eigenvalue weighted by Crippen LogP contribution is 2.05. The Morgan fingerprint density at radius 1 is 1.23 bits per heavy atom. The molecule has 0 unspecified atom stereocenters. The molecule has 1 aliphatic heterocycles. The first-order valence-electron chi connectivity index (χ1n) is 4.10. The van der Waals surface area contributed by atoms with Gasteiger partial charge in [-0.1, -0.05) is 30.3 Å². The largest absolute Gasteiger partial charge is 0.458 e. The molecule has 13 heavy (non-hydrogen) atoms. The van der Waals surface area contributed by atoms with Gasteiger partial charge in [0.1, 0.15) is 13.2 Å². The summed E-state index contributed by atoms with van der Waals surface area (Å²) < 4.78 is 4.88. The minimum absolute atomic E-state index is 0.143. The topological polar surface area (TPSA) is 38.7 Å². The van der Waals surface area contributed by atoms with E-state index in [1.807, 2.05) is 30.3 Å². The summed E-state index contributed by atoms with van der Waals surface area (Å²) in [5, 5.41) is 0. The third-order valence-electron chi connectivity index (χ3n) is 1.88. The zero-order chi connectivity index (χ0) is 9.10. The van der Waals surface area contributed by atoms with Crippen LogP contribution in [0.2, 0.25) is 0 Å². The number of nitrogens with zero attached hydrogens (tertiary/aromatic N) is 1. The number of aliphatic imine (C=N–C) groups is 1. The van der Waals surface area contributed by atoms with Crippen LogP contribution in [0.3, 0.4) is 0 Å². The molecule has 0 amide bonds. The van der Waals surface area contributed by atoms with Crippen molar-refractivity contribution in [1.29, 1.82) is 0 Å². The Morgan fingerprint density at radius 3 is 2.62 bits per heavy atom. The summed E-state index contributed by atoms with van der Waals surface area (Å²) in [6, 6.07) is 9.73. The lowest BCUT2D eigenvalue weighted by molar-refractivity contribution is -0.140. The molecule has 0 N–H and O–H groups in total. The van der Waals surface area contributed by atoms with E-state index in [-0.39, 0.29) is 12.5 Å². The van der Waals surface area contributed by atoms with Crippen molar-refractivity contribution in [2.75, 3.05) is 13.2 Å². The van der Waals surface area contributed by atoms with E-state index in [4.69, 9.17) is 4.74 Å². The molecule has 0 atom stereocenters. The van der Waals surface area contributed by atoms with Crippen molar-refractivity contribution in [3.63, 3.8) is 0 Å². The van der Waals surface area contributed by atoms with Crippen LogP contribution in [0.25, 0.3) is 0 Å². The number of carbonyl (C=O) groups is 1. The number of rotatable bonds is 1. The van der Waals surface area contributed by atoms with Gasteiger partial charge in [0.25, 0.3) is 0 Å². The molecular formula is C10H9NO2. The van der Waals surface area contributed by atoms with Gasteiger partial charge in [0.05, 0.1) is 5.71 Å². The van der Waals surface area contributed by atoms with E-state index in [1.54, 1.807) is 0 Å². The Balaban J connectivity index is 2.23. The monoisotopic (exact) mass is 175 g/mol. The van der Waals surface area contributed by atoms with Gasteiger partial charge in [-0.3, -0.25) is 9.79 Å². The number of ether oxygens (including phenoxy) is 1. The normalized spacial score (nSPS) is 16.3. The highest BCUT2D eigenvalue weighted by atomic mass is 16.5. The molecule has 0 saturated heterocycles. The predicted octanol–water partition coefficient (Wildman–Crippen LogP) is 1.03. The fourth-order valence-electron chi connectivity index (χ4n) is 1.21. The molecule has 0 fully saturated rings. The van der Waals surface area contributed by atoms with Gasteiger partial charge < -0.3 is 4.74 Å². The molecule has 1 aliphatic rings. The lowest BCUT2D eigenvalue weighted by Crippen LogP contribution is -2.23. The Labute approximate surface area is 76.1 Å². The lowest BCUT2D eigenvalue weighted by Gasteiger charge is -2.12. The minimum atomic E-state index is -0.250. The summed E-state index contributed by atoms with van der Waals surface area (Å²) in [7, 11) is 0. The van der Waals surface area contributed by atoms with Gasteiger partial charge in [-0.2, -0.15) is 0 Å². The number of benzene rings is 1. The van der Waals surface area contributed by atoms with E-state index in [0.29, 0.717) is 6.61 Å².